The number of rotatable bonds is 11. The number of hydrogen-bond acceptors (Lipinski definition) is 5. The third kappa shape index (κ3) is 15.5. The Morgan fingerprint density at radius 1 is 1.07 bits per heavy atom. The first-order chi connectivity index (χ1) is 19.3. The summed E-state index contributed by atoms with van der Waals surface area (Å²) in [5.74, 6) is -0.927. The minimum atomic E-state index is -0.498. The molecule has 0 spiro atoms. The fourth-order valence-corrected chi connectivity index (χ4v) is 2.89. The lowest BCUT2D eigenvalue weighted by atomic mass is 10.1. The van der Waals surface area contributed by atoms with E-state index in [9.17, 15) is 9.18 Å². The molecule has 0 N–H and O–H groups in total. The van der Waals surface area contributed by atoms with Gasteiger partial charge in [-0.05, 0) is 54.5 Å². The highest BCUT2D eigenvalue weighted by Crippen LogP contribution is 2.24. The van der Waals surface area contributed by atoms with E-state index in [1.807, 2.05) is 33.8 Å². The van der Waals surface area contributed by atoms with Gasteiger partial charge in [0, 0.05) is 13.2 Å². The van der Waals surface area contributed by atoms with Gasteiger partial charge in [-0.2, -0.15) is 0 Å². The number of halogens is 1. The van der Waals surface area contributed by atoms with Gasteiger partial charge in [0.1, 0.15) is 11.5 Å². The second-order valence-corrected chi connectivity index (χ2v) is 7.95. The SMILES string of the molecule is C=C/C(=C\C=C(/C)c1cc(F)cc(N(C)N=NC(=C)c2ccccn2)c1)C(=O)OC.CC.CC.CCCCCC. The zero-order valence-electron chi connectivity index (χ0n) is 26.0. The molecule has 0 aliphatic heterocycles. The minimum absolute atomic E-state index is 0.299. The number of aromatic nitrogens is 1. The van der Waals surface area contributed by atoms with Crippen LogP contribution in [0.5, 0.6) is 0 Å². The predicted octanol–water partition coefficient (Wildman–Crippen LogP) is 10.0. The van der Waals surface area contributed by atoms with Gasteiger partial charge in [0.05, 0.1) is 24.1 Å². The number of pyridine rings is 1. The molecule has 0 bridgehead atoms. The Balaban J connectivity index is 0. The molecule has 2 rings (SSSR count). The maximum Gasteiger partial charge on any atom is 0.337 e. The van der Waals surface area contributed by atoms with Crippen LogP contribution >= 0.6 is 0 Å². The van der Waals surface area contributed by atoms with Crippen LogP contribution in [0.4, 0.5) is 10.1 Å². The van der Waals surface area contributed by atoms with E-state index in [0.29, 0.717) is 28.2 Å². The standard InChI is InChI=1S/C23H23FN4O2.C6H14.2C2H6/c1-6-18(23(29)30-5)11-10-16(2)19-13-20(24)15-21(14-19)28(4)27-26-17(3)22-9-7-8-12-25-22;1-3-5-6-4-2;2*1-2/h6-15H,1,3H2,2,4-5H3;3-6H2,1-2H3;2*1-2H3/b16-10+,18-11+,27-26?;;;. The number of carbonyl (C=O) groups is 1. The highest BCUT2D eigenvalue weighted by Gasteiger charge is 2.08. The van der Waals surface area contributed by atoms with Gasteiger partial charge in [0.15, 0.2) is 0 Å². The van der Waals surface area contributed by atoms with E-state index >= 15 is 0 Å². The highest BCUT2D eigenvalue weighted by molar-refractivity contribution is 5.92. The van der Waals surface area contributed by atoms with Gasteiger partial charge in [0.2, 0.25) is 0 Å². The molecule has 0 atom stereocenters. The van der Waals surface area contributed by atoms with Crippen molar-refractivity contribution < 1.29 is 13.9 Å². The van der Waals surface area contributed by atoms with Gasteiger partial charge in [-0.3, -0.25) is 4.98 Å². The summed E-state index contributed by atoms with van der Waals surface area (Å²) < 4.78 is 18.9. The normalized spacial score (nSPS) is 10.7. The van der Waals surface area contributed by atoms with E-state index in [4.69, 9.17) is 0 Å². The van der Waals surface area contributed by atoms with Crippen molar-refractivity contribution in [2.24, 2.45) is 10.3 Å². The fraction of sp³-hybridized carbons (Fsp3) is 0.394. The van der Waals surface area contributed by atoms with Gasteiger partial charge in [-0.1, -0.05) is 104 Å². The van der Waals surface area contributed by atoms with Crippen molar-refractivity contribution in [3.05, 3.63) is 96.6 Å². The van der Waals surface area contributed by atoms with E-state index in [1.54, 1.807) is 50.5 Å². The zero-order valence-corrected chi connectivity index (χ0v) is 26.0. The maximum atomic E-state index is 14.2. The Morgan fingerprint density at radius 3 is 2.20 bits per heavy atom. The van der Waals surface area contributed by atoms with Crippen molar-refractivity contribution in [3.8, 4) is 0 Å². The molecule has 1 aromatic heterocycles. The van der Waals surface area contributed by atoms with Crippen molar-refractivity contribution in [1.29, 1.82) is 0 Å². The van der Waals surface area contributed by atoms with Crippen LogP contribution in [0.3, 0.4) is 0 Å². The number of esters is 1. The number of nitrogens with zero attached hydrogens (tertiary/aromatic N) is 4. The molecule has 0 aliphatic carbocycles. The zero-order chi connectivity index (χ0) is 30.9. The van der Waals surface area contributed by atoms with Crippen LogP contribution in [-0.4, -0.2) is 25.1 Å². The molecule has 0 unspecified atom stereocenters. The van der Waals surface area contributed by atoms with Crippen LogP contribution in [0.25, 0.3) is 11.3 Å². The van der Waals surface area contributed by atoms with Crippen LogP contribution in [0, 0.1) is 5.82 Å². The van der Waals surface area contributed by atoms with Crippen LogP contribution in [0.15, 0.2) is 89.9 Å². The van der Waals surface area contributed by atoms with Crippen LogP contribution in [-0.2, 0) is 9.53 Å². The summed E-state index contributed by atoms with van der Waals surface area (Å²) in [6.45, 7) is 21.7. The molecule has 2 aromatic rings. The smallest absolute Gasteiger partial charge is 0.337 e. The van der Waals surface area contributed by atoms with E-state index in [0.717, 1.165) is 5.57 Å². The molecule has 0 radical (unpaired) electrons. The molecule has 0 fully saturated rings. The fourth-order valence-electron chi connectivity index (χ4n) is 2.89. The molecule has 0 aliphatic rings. The van der Waals surface area contributed by atoms with E-state index in [-0.39, 0.29) is 0 Å². The van der Waals surface area contributed by atoms with Crippen molar-refractivity contribution in [3.63, 3.8) is 0 Å². The van der Waals surface area contributed by atoms with E-state index in [1.165, 1.54) is 56.0 Å². The molecule has 6 nitrogen and oxygen atoms in total. The highest BCUT2D eigenvalue weighted by atomic mass is 19.1. The largest absolute Gasteiger partial charge is 0.465 e. The lowest BCUT2D eigenvalue weighted by Crippen LogP contribution is -2.08. The average Bonchev–Trinajstić information content (AvgIpc) is 3.00. The average molecular weight is 553 g/mol. The molecule has 0 amide bonds. The van der Waals surface area contributed by atoms with Gasteiger partial charge in [-0.15, -0.1) is 5.11 Å². The predicted molar refractivity (Wildman–Crippen MR) is 169 cm³/mol. The summed E-state index contributed by atoms with van der Waals surface area (Å²) in [4.78, 5) is 15.8. The van der Waals surface area contributed by atoms with Gasteiger partial charge in [-0.25, -0.2) is 14.2 Å². The first-order valence-corrected chi connectivity index (χ1v) is 13.9. The quantitative estimate of drug-likeness (QED) is 0.0694. The Morgan fingerprint density at radius 2 is 1.70 bits per heavy atom. The summed E-state index contributed by atoms with van der Waals surface area (Å²) in [7, 11) is 2.95. The Kier molecular flexibility index (Phi) is 23.1. The first kappa shape index (κ1) is 38.3. The summed E-state index contributed by atoms with van der Waals surface area (Å²) in [5, 5.41) is 9.58. The molecular weight excluding hydrogens is 503 g/mol. The van der Waals surface area contributed by atoms with Crippen molar-refractivity contribution in [2.75, 3.05) is 19.2 Å². The second kappa shape index (κ2) is 24.2. The number of benzene rings is 1. The number of carbonyl (C=O) groups excluding carboxylic acids is 1. The summed E-state index contributed by atoms with van der Waals surface area (Å²) in [6.07, 6.45) is 11.8. The van der Waals surface area contributed by atoms with Crippen molar-refractivity contribution in [2.45, 2.75) is 74.1 Å². The van der Waals surface area contributed by atoms with Crippen LogP contribution in [0.1, 0.15) is 85.4 Å². The van der Waals surface area contributed by atoms with Gasteiger partial charge >= 0.3 is 5.97 Å². The molecule has 7 heteroatoms. The Hall–Kier alpha value is -3.87. The van der Waals surface area contributed by atoms with Gasteiger partial charge < -0.3 is 4.74 Å². The number of methoxy groups -OCH3 is 1. The number of unbranched alkanes of at least 4 members (excludes halogenated alkanes) is 3. The molecule has 0 saturated carbocycles. The van der Waals surface area contributed by atoms with Crippen molar-refractivity contribution in [1.82, 2.24) is 4.98 Å². The van der Waals surface area contributed by atoms with Crippen molar-refractivity contribution >= 4 is 22.9 Å². The van der Waals surface area contributed by atoms with Gasteiger partial charge in [0.25, 0.3) is 0 Å². The third-order valence-electron chi connectivity index (χ3n) is 5.08. The molecule has 0 saturated heterocycles. The summed E-state index contributed by atoms with van der Waals surface area (Å²) >= 11 is 0. The topological polar surface area (TPSA) is 67.2 Å². The number of hydrogen-bond donors (Lipinski definition) is 0. The molecular formula is C33H49FN4O2. The minimum Gasteiger partial charge on any atom is -0.465 e. The number of anilines is 1. The molecule has 40 heavy (non-hydrogen) atoms. The lowest BCUT2D eigenvalue weighted by Gasteiger charge is -2.14. The van der Waals surface area contributed by atoms with Crippen LogP contribution < -0.4 is 5.01 Å². The molecule has 1 heterocycles. The summed E-state index contributed by atoms with van der Waals surface area (Å²) in [6, 6.07) is 9.90. The van der Waals surface area contributed by atoms with E-state index in [2.05, 4.69) is 47.1 Å². The third-order valence-corrected chi connectivity index (χ3v) is 5.08. The maximum absolute atomic E-state index is 14.2. The first-order valence-electron chi connectivity index (χ1n) is 13.9. The number of allylic oxidation sites excluding steroid dienone is 3. The Bertz CT molecular complexity index is 1090. The van der Waals surface area contributed by atoms with E-state index < -0.39 is 11.8 Å². The molecule has 1 aromatic carbocycles. The lowest BCUT2D eigenvalue weighted by molar-refractivity contribution is -0.135. The monoisotopic (exact) mass is 552 g/mol. The Labute approximate surface area is 242 Å². The molecule has 220 valence electrons. The van der Waals surface area contributed by atoms with Crippen LogP contribution in [0.2, 0.25) is 0 Å². The summed E-state index contributed by atoms with van der Waals surface area (Å²) in [5.41, 5.74) is 3.15. The number of ether oxygens (including phenoxy) is 1. The second-order valence-electron chi connectivity index (χ2n) is 7.95.